The highest BCUT2D eigenvalue weighted by Crippen LogP contribution is 2.25. The summed E-state index contributed by atoms with van der Waals surface area (Å²) in [5.74, 6) is 2.56. The number of H-pyrrole nitrogens is 1. The number of aromatic amines is 1. The Bertz CT molecular complexity index is 998. The fourth-order valence-electron chi connectivity index (χ4n) is 3.90. The van der Waals surface area contributed by atoms with Gasteiger partial charge in [-0.25, -0.2) is 0 Å². The second-order valence-corrected chi connectivity index (χ2v) is 7.75. The highest BCUT2D eigenvalue weighted by Gasteiger charge is 2.23. The minimum absolute atomic E-state index is 0.0398. The maximum absolute atomic E-state index is 12.5. The molecular weight excluding hydrogens is 392 g/mol. The molecule has 31 heavy (non-hydrogen) atoms. The first-order valence-corrected chi connectivity index (χ1v) is 10.5. The highest BCUT2D eigenvalue weighted by atomic mass is 16.5. The van der Waals surface area contributed by atoms with Crippen LogP contribution in [-0.2, 0) is 11.2 Å². The second kappa shape index (κ2) is 9.55. The normalized spacial score (nSPS) is 16.1. The topological polar surface area (TPSA) is 79.5 Å². The van der Waals surface area contributed by atoms with Gasteiger partial charge in [0.15, 0.2) is 5.82 Å². The van der Waals surface area contributed by atoms with Gasteiger partial charge in [0.25, 0.3) is 0 Å². The van der Waals surface area contributed by atoms with Crippen molar-refractivity contribution >= 4 is 11.7 Å². The number of piperidine rings is 1. The lowest BCUT2D eigenvalue weighted by Crippen LogP contribution is -2.48. The number of aromatic nitrogens is 2. The third kappa shape index (κ3) is 5.17. The van der Waals surface area contributed by atoms with E-state index in [2.05, 4.69) is 26.5 Å². The largest absolute Gasteiger partial charge is 0.497 e. The van der Waals surface area contributed by atoms with Gasteiger partial charge in [-0.2, -0.15) is 5.10 Å². The molecule has 0 spiro atoms. The van der Waals surface area contributed by atoms with Crippen molar-refractivity contribution in [3.05, 3.63) is 60.2 Å². The van der Waals surface area contributed by atoms with Gasteiger partial charge in [-0.15, -0.1) is 0 Å². The highest BCUT2D eigenvalue weighted by molar-refractivity contribution is 5.79. The number of rotatable bonds is 7. The van der Waals surface area contributed by atoms with Crippen molar-refractivity contribution in [2.75, 3.05) is 32.2 Å². The molecule has 2 aromatic carbocycles. The molecule has 1 atom stereocenters. The smallest absolute Gasteiger partial charge is 0.224 e. The zero-order valence-electron chi connectivity index (χ0n) is 17.9. The molecule has 3 aromatic rings. The summed E-state index contributed by atoms with van der Waals surface area (Å²) in [5.41, 5.74) is 2.99. The number of anilines is 1. The molecule has 1 aromatic heterocycles. The number of ether oxygens (including phenoxy) is 2. The van der Waals surface area contributed by atoms with Gasteiger partial charge in [-0.3, -0.25) is 9.89 Å². The Morgan fingerprint density at radius 3 is 2.45 bits per heavy atom. The number of methoxy groups -OCH3 is 2. The van der Waals surface area contributed by atoms with Crippen LogP contribution in [0.25, 0.3) is 11.3 Å². The van der Waals surface area contributed by atoms with Crippen LogP contribution in [0.1, 0.15) is 18.4 Å². The van der Waals surface area contributed by atoms with E-state index >= 15 is 0 Å². The SMILES string of the molecule is COc1ccc(CC(=O)NC2CCCN(c3cc(-c4ccc(OC)cc4)[nH]n3)C2)cc1. The van der Waals surface area contributed by atoms with Crippen LogP contribution >= 0.6 is 0 Å². The van der Waals surface area contributed by atoms with Crippen molar-refractivity contribution in [2.24, 2.45) is 0 Å². The molecule has 162 valence electrons. The van der Waals surface area contributed by atoms with Crippen molar-refractivity contribution in [2.45, 2.75) is 25.3 Å². The number of nitrogens with one attached hydrogen (secondary N) is 2. The molecule has 1 amide bonds. The van der Waals surface area contributed by atoms with E-state index in [-0.39, 0.29) is 11.9 Å². The molecule has 7 heteroatoms. The lowest BCUT2D eigenvalue weighted by molar-refractivity contribution is -0.121. The Morgan fingerprint density at radius 2 is 1.77 bits per heavy atom. The predicted octanol–water partition coefficient (Wildman–Crippen LogP) is 3.42. The minimum atomic E-state index is 0.0398. The predicted molar refractivity (Wildman–Crippen MR) is 121 cm³/mol. The Morgan fingerprint density at radius 1 is 1.10 bits per heavy atom. The van der Waals surface area contributed by atoms with Crippen LogP contribution in [0, 0.1) is 0 Å². The first-order valence-electron chi connectivity index (χ1n) is 10.5. The van der Waals surface area contributed by atoms with Crippen molar-refractivity contribution < 1.29 is 14.3 Å². The third-order valence-corrected chi connectivity index (χ3v) is 5.60. The van der Waals surface area contributed by atoms with Crippen LogP contribution in [0.2, 0.25) is 0 Å². The van der Waals surface area contributed by atoms with Crippen molar-refractivity contribution in [3.63, 3.8) is 0 Å². The van der Waals surface area contributed by atoms with Gasteiger partial charge in [0.05, 0.1) is 26.3 Å². The van der Waals surface area contributed by atoms with Gasteiger partial charge < -0.3 is 19.7 Å². The fraction of sp³-hybridized carbons (Fsp3) is 0.333. The first kappa shape index (κ1) is 20.8. The molecule has 4 rings (SSSR count). The molecule has 0 radical (unpaired) electrons. The summed E-state index contributed by atoms with van der Waals surface area (Å²) >= 11 is 0. The van der Waals surface area contributed by atoms with Gasteiger partial charge in [-0.1, -0.05) is 12.1 Å². The number of carbonyl (C=O) groups is 1. The third-order valence-electron chi connectivity index (χ3n) is 5.60. The van der Waals surface area contributed by atoms with Crippen molar-refractivity contribution in [1.82, 2.24) is 15.5 Å². The molecule has 1 fully saturated rings. The molecule has 7 nitrogen and oxygen atoms in total. The average Bonchev–Trinajstić information content (AvgIpc) is 3.30. The van der Waals surface area contributed by atoms with Gasteiger partial charge in [0, 0.05) is 25.2 Å². The van der Waals surface area contributed by atoms with E-state index in [9.17, 15) is 4.79 Å². The summed E-state index contributed by atoms with van der Waals surface area (Å²) in [6, 6.07) is 17.7. The zero-order valence-corrected chi connectivity index (χ0v) is 17.9. The standard InChI is InChI=1S/C24H28N4O3/c1-30-20-9-5-17(6-10-20)14-24(29)25-19-4-3-13-28(16-19)23-15-22(26-27-23)18-7-11-21(31-2)12-8-18/h5-12,15,19H,3-4,13-14,16H2,1-2H3,(H,25,29)(H,26,27). The van der Waals surface area contributed by atoms with Crippen LogP contribution in [0.4, 0.5) is 5.82 Å². The first-order chi connectivity index (χ1) is 15.1. The summed E-state index contributed by atoms with van der Waals surface area (Å²) < 4.78 is 10.4. The number of hydrogen-bond acceptors (Lipinski definition) is 5. The van der Waals surface area contributed by atoms with Gasteiger partial charge in [0.1, 0.15) is 11.5 Å². The van der Waals surface area contributed by atoms with Crippen LogP contribution in [-0.4, -0.2) is 49.5 Å². The lowest BCUT2D eigenvalue weighted by atomic mass is 10.0. The van der Waals surface area contributed by atoms with Gasteiger partial charge in [0.2, 0.25) is 5.91 Å². The second-order valence-electron chi connectivity index (χ2n) is 7.75. The van der Waals surface area contributed by atoms with Crippen molar-refractivity contribution in [1.29, 1.82) is 0 Å². The molecule has 0 bridgehead atoms. The molecule has 1 aliphatic heterocycles. The van der Waals surface area contributed by atoms with E-state index < -0.39 is 0 Å². The summed E-state index contributed by atoms with van der Waals surface area (Å²) in [4.78, 5) is 14.8. The number of amides is 1. The zero-order chi connectivity index (χ0) is 21.6. The number of benzene rings is 2. The summed E-state index contributed by atoms with van der Waals surface area (Å²) in [6.07, 6.45) is 2.35. The molecule has 1 saturated heterocycles. The molecule has 1 aliphatic rings. The maximum Gasteiger partial charge on any atom is 0.224 e. The molecule has 0 saturated carbocycles. The van der Waals surface area contributed by atoms with Crippen LogP contribution < -0.4 is 19.7 Å². The van der Waals surface area contributed by atoms with Crippen LogP contribution in [0.15, 0.2) is 54.6 Å². The molecule has 2 heterocycles. The number of hydrogen-bond donors (Lipinski definition) is 2. The number of carbonyl (C=O) groups excluding carboxylic acids is 1. The Hall–Kier alpha value is -3.48. The van der Waals surface area contributed by atoms with E-state index in [1.165, 1.54) is 0 Å². The van der Waals surface area contributed by atoms with Gasteiger partial charge >= 0.3 is 0 Å². The molecule has 1 unspecified atom stereocenters. The maximum atomic E-state index is 12.5. The van der Waals surface area contributed by atoms with Crippen LogP contribution in [0.5, 0.6) is 11.5 Å². The Labute approximate surface area is 182 Å². The molecule has 2 N–H and O–H groups in total. The van der Waals surface area contributed by atoms with Crippen LogP contribution in [0.3, 0.4) is 0 Å². The van der Waals surface area contributed by atoms with E-state index in [0.717, 1.165) is 60.1 Å². The monoisotopic (exact) mass is 420 g/mol. The average molecular weight is 421 g/mol. The quantitative estimate of drug-likeness (QED) is 0.612. The minimum Gasteiger partial charge on any atom is -0.497 e. The van der Waals surface area contributed by atoms with Gasteiger partial charge in [-0.05, 0) is 60.4 Å². The number of nitrogens with zero attached hydrogens (tertiary/aromatic N) is 2. The molecular formula is C24H28N4O3. The van der Waals surface area contributed by atoms with E-state index in [1.54, 1.807) is 14.2 Å². The fourth-order valence-corrected chi connectivity index (χ4v) is 3.90. The van der Waals surface area contributed by atoms with Crippen molar-refractivity contribution in [3.8, 4) is 22.8 Å². The summed E-state index contributed by atoms with van der Waals surface area (Å²) in [7, 11) is 3.29. The Balaban J connectivity index is 1.34. The molecule has 0 aliphatic carbocycles. The van der Waals surface area contributed by atoms with E-state index in [4.69, 9.17) is 9.47 Å². The Kier molecular flexibility index (Phi) is 6.40. The summed E-state index contributed by atoms with van der Waals surface area (Å²) in [6.45, 7) is 1.68. The summed E-state index contributed by atoms with van der Waals surface area (Å²) in [5, 5.41) is 10.8. The lowest BCUT2D eigenvalue weighted by Gasteiger charge is -2.33. The van der Waals surface area contributed by atoms with E-state index in [1.807, 2.05) is 48.5 Å². The van der Waals surface area contributed by atoms with E-state index in [0.29, 0.717) is 6.42 Å².